The number of fused-ring (bicyclic) bond motifs is 2. The number of benzene rings is 3. The zero-order chi connectivity index (χ0) is 23.0. The molecule has 4 atom stereocenters. The smallest absolute Gasteiger partial charge is 0.412 e. The molecule has 172 valence electrons. The molecular weight excluding hydrogens is 468 g/mol. The van der Waals surface area contributed by atoms with Crippen molar-refractivity contribution < 1.29 is 27.4 Å². The molecule has 0 spiro atoms. The Labute approximate surface area is 195 Å². The Morgan fingerprint density at radius 1 is 0.939 bits per heavy atom. The number of amides is 1. The normalized spacial score (nSPS) is 24.5. The molecule has 3 aromatic rings. The highest BCUT2D eigenvalue weighted by Crippen LogP contribution is 2.30. The summed E-state index contributed by atoms with van der Waals surface area (Å²) in [5.41, 5.74) is 0.634. The lowest BCUT2D eigenvalue weighted by atomic mass is 10.1. The van der Waals surface area contributed by atoms with Crippen molar-refractivity contribution in [1.82, 2.24) is 4.72 Å². The molecule has 2 saturated heterocycles. The Kier molecular flexibility index (Phi) is 5.98. The lowest BCUT2D eigenvalue weighted by Gasteiger charge is -2.18. The number of sulfonamides is 1. The van der Waals surface area contributed by atoms with Gasteiger partial charge in [0.1, 0.15) is 12.2 Å². The summed E-state index contributed by atoms with van der Waals surface area (Å²) in [4.78, 5) is 12.6. The predicted molar refractivity (Wildman–Crippen MR) is 123 cm³/mol. The van der Waals surface area contributed by atoms with Crippen molar-refractivity contribution in [3.05, 3.63) is 71.8 Å². The summed E-state index contributed by atoms with van der Waals surface area (Å²) in [6, 6.07) is 18.6. The molecule has 0 aromatic heterocycles. The van der Waals surface area contributed by atoms with E-state index < -0.39 is 40.5 Å². The van der Waals surface area contributed by atoms with Crippen molar-refractivity contribution >= 4 is 44.2 Å². The van der Waals surface area contributed by atoms with E-state index in [1.165, 1.54) is 24.3 Å². The molecular formula is C23H21ClN2O6S. The highest BCUT2D eigenvalue weighted by Gasteiger charge is 2.50. The van der Waals surface area contributed by atoms with Crippen molar-refractivity contribution in [2.45, 2.75) is 29.2 Å². The maximum atomic E-state index is 12.7. The van der Waals surface area contributed by atoms with Crippen LogP contribution in [-0.4, -0.2) is 52.1 Å². The number of ether oxygens (including phenoxy) is 3. The van der Waals surface area contributed by atoms with Crippen LogP contribution >= 0.6 is 11.6 Å². The Hall–Kier alpha value is -2.69. The van der Waals surface area contributed by atoms with E-state index in [1.54, 1.807) is 6.07 Å². The number of carbonyl (C=O) groups is 1. The van der Waals surface area contributed by atoms with Crippen LogP contribution in [0.5, 0.6) is 0 Å². The minimum absolute atomic E-state index is 0.0932. The molecule has 2 fully saturated rings. The highest BCUT2D eigenvalue weighted by molar-refractivity contribution is 7.89. The van der Waals surface area contributed by atoms with E-state index in [2.05, 4.69) is 10.0 Å². The fourth-order valence-electron chi connectivity index (χ4n) is 4.16. The first kappa shape index (κ1) is 22.1. The number of hydrogen-bond acceptors (Lipinski definition) is 6. The highest BCUT2D eigenvalue weighted by atomic mass is 35.5. The van der Waals surface area contributed by atoms with Gasteiger partial charge in [-0.2, -0.15) is 0 Å². The number of rotatable bonds is 5. The van der Waals surface area contributed by atoms with E-state index in [1.807, 2.05) is 36.4 Å². The molecule has 2 heterocycles. The van der Waals surface area contributed by atoms with Gasteiger partial charge in [-0.1, -0.05) is 48.0 Å². The van der Waals surface area contributed by atoms with Crippen molar-refractivity contribution in [3.8, 4) is 0 Å². The van der Waals surface area contributed by atoms with E-state index in [4.69, 9.17) is 25.8 Å². The molecule has 0 bridgehead atoms. The predicted octanol–water partition coefficient (Wildman–Crippen LogP) is 3.56. The van der Waals surface area contributed by atoms with Crippen LogP contribution in [0.3, 0.4) is 0 Å². The molecule has 0 saturated carbocycles. The number of hydrogen-bond donors (Lipinski definition) is 2. The van der Waals surface area contributed by atoms with E-state index in [-0.39, 0.29) is 18.1 Å². The summed E-state index contributed by atoms with van der Waals surface area (Å²) in [6.45, 7) is 0.213. The molecule has 2 N–H and O–H groups in total. The van der Waals surface area contributed by atoms with Gasteiger partial charge in [0.2, 0.25) is 10.0 Å². The average Bonchev–Trinajstić information content (AvgIpc) is 3.37. The monoisotopic (exact) mass is 488 g/mol. The fourth-order valence-corrected chi connectivity index (χ4v) is 5.52. The molecule has 10 heteroatoms. The van der Waals surface area contributed by atoms with Crippen molar-refractivity contribution in [2.75, 3.05) is 18.5 Å². The standard InChI is InChI=1S/C23H21ClN2O6S/c24-15-8-10-16(11-9-15)33(28,29)26-19-12-30-22-20(13-31-21(19)22)32-23(27)25-18-7-3-5-14-4-1-2-6-17(14)18/h1-11,19-22,26H,12-13H2,(H,25,27)/t19-,20-,21-,22+/m0/s1. The zero-order valence-electron chi connectivity index (χ0n) is 17.3. The van der Waals surface area contributed by atoms with E-state index in [0.717, 1.165) is 10.8 Å². The van der Waals surface area contributed by atoms with Gasteiger partial charge in [0.05, 0.1) is 29.8 Å². The molecule has 8 nitrogen and oxygen atoms in total. The summed E-state index contributed by atoms with van der Waals surface area (Å²) < 4.78 is 45.1. The molecule has 0 aliphatic carbocycles. The van der Waals surface area contributed by atoms with Crippen molar-refractivity contribution in [2.24, 2.45) is 0 Å². The minimum atomic E-state index is -3.79. The van der Waals surface area contributed by atoms with Crippen LogP contribution in [-0.2, 0) is 24.2 Å². The van der Waals surface area contributed by atoms with E-state index >= 15 is 0 Å². The zero-order valence-corrected chi connectivity index (χ0v) is 18.9. The van der Waals surface area contributed by atoms with Gasteiger partial charge in [0.25, 0.3) is 0 Å². The fraction of sp³-hybridized carbons (Fsp3) is 0.261. The Morgan fingerprint density at radius 3 is 2.48 bits per heavy atom. The number of halogens is 1. The molecule has 1 amide bonds. The van der Waals surface area contributed by atoms with Crippen LogP contribution in [0.1, 0.15) is 0 Å². The molecule has 33 heavy (non-hydrogen) atoms. The maximum Gasteiger partial charge on any atom is 0.412 e. The van der Waals surface area contributed by atoms with Gasteiger partial charge in [-0.25, -0.2) is 17.9 Å². The molecule has 5 rings (SSSR count). The first-order valence-corrected chi connectivity index (χ1v) is 12.2. The average molecular weight is 489 g/mol. The second-order valence-electron chi connectivity index (χ2n) is 7.87. The van der Waals surface area contributed by atoms with Gasteiger partial charge in [0, 0.05) is 10.4 Å². The van der Waals surface area contributed by atoms with Gasteiger partial charge >= 0.3 is 6.09 Å². The number of carbonyl (C=O) groups excluding carboxylic acids is 1. The molecule has 2 aliphatic heterocycles. The lowest BCUT2D eigenvalue weighted by Crippen LogP contribution is -2.44. The van der Waals surface area contributed by atoms with Crippen LogP contribution < -0.4 is 10.0 Å². The second kappa shape index (κ2) is 8.92. The van der Waals surface area contributed by atoms with E-state index in [0.29, 0.717) is 10.7 Å². The lowest BCUT2D eigenvalue weighted by molar-refractivity contribution is 0.00884. The Balaban J connectivity index is 1.22. The van der Waals surface area contributed by atoms with Gasteiger partial charge in [-0.3, -0.25) is 5.32 Å². The first-order valence-electron chi connectivity index (χ1n) is 10.4. The van der Waals surface area contributed by atoms with Crippen LogP contribution in [0, 0.1) is 0 Å². The Morgan fingerprint density at radius 2 is 1.67 bits per heavy atom. The summed E-state index contributed by atoms with van der Waals surface area (Å²) in [7, 11) is -3.79. The van der Waals surface area contributed by atoms with Crippen LogP contribution in [0.4, 0.5) is 10.5 Å². The van der Waals surface area contributed by atoms with Gasteiger partial charge in [-0.05, 0) is 35.7 Å². The largest absolute Gasteiger partial charge is 0.441 e. The van der Waals surface area contributed by atoms with Gasteiger partial charge in [0.15, 0.2) is 6.10 Å². The number of anilines is 1. The summed E-state index contributed by atoms with van der Waals surface area (Å²) >= 11 is 5.84. The van der Waals surface area contributed by atoms with Crippen LogP contribution in [0.25, 0.3) is 10.8 Å². The topological polar surface area (TPSA) is 103 Å². The summed E-state index contributed by atoms with van der Waals surface area (Å²) in [6.07, 6.45) is -2.42. The molecule has 3 aromatic carbocycles. The maximum absolute atomic E-state index is 12.7. The molecule has 2 aliphatic rings. The van der Waals surface area contributed by atoms with Crippen LogP contribution in [0.2, 0.25) is 5.02 Å². The first-order chi connectivity index (χ1) is 15.9. The summed E-state index contributed by atoms with van der Waals surface area (Å²) in [5.74, 6) is 0. The van der Waals surface area contributed by atoms with Gasteiger partial charge < -0.3 is 14.2 Å². The van der Waals surface area contributed by atoms with E-state index in [9.17, 15) is 13.2 Å². The van der Waals surface area contributed by atoms with Crippen molar-refractivity contribution in [1.29, 1.82) is 0 Å². The quantitative estimate of drug-likeness (QED) is 0.569. The van der Waals surface area contributed by atoms with Crippen LogP contribution in [0.15, 0.2) is 71.6 Å². The molecule has 0 radical (unpaired) electrons. The minimum Gasteiger partial charge on any atom is -0.441 e. The Bertz CT molecular complexity index is 1280. The molecule has 0 unspecified atom stereocenters. The number of nitrogens with one attached hydrogen (secondary N) is 2. The van der Waals surface area contributed by atoms with Gasteiger partial charge in [-0.15, -0.1) is 0 Å². The SMILES string of the molecule is O=C(Nc1cccc2ccccc12)O[C@H]1CO[C@@H]2[C@@H]1OC[C@@H]2NS(=O)(=O)c1ccc(Cl)cc1. The third-order valence-electron chi connectivity index (χ3n) is 5.72. The summed E-state index contributed by atoms with van der Waals surface area (Å²) in [5, 5.41) is 5.11. The second-order valence-corrected chi connectivity index (χ2v) is 10.0. The third kappa shape index (κ3) is 4.55. The van der Waals surface area contributed by atoms with Crippen molar-refractivity contribution in [3.63, 3.8) is 0 Å². The third-order valence-corrected chi connectivity index (χ3v) is 7.48.